The molecule has 2 rings (SSSR count). The van der Waals surface area contributed by atoms with Gasteiger partial charge in [0.15, 0.2) is 0 Å². The van der Waals surface area contributed by atoms with E-state index < -0.39 is 0 Å². The fraction of sp³-hybridized carbons (Fsp3) is 1.00. The maximum absolute atomic E-state index is 3.41. The third kappa shape index (κ3) is 2.64. The molecule has 4 heteroatoms. The molecule has 0 radical (unpaired) electrons. The second kappa shape index (κ2) is 4.37. The first-order valence-corrected chi connectivity index (χ1v) is 5.18. The van der Waals surface area contributed by atoms with Gasteiger partial charge in [-0.05, 0) is 20.0 Å². The van der Waals surface area contributed by atoms with Gasteiger partial charge >= 0.3 is 0 Å². The lowest BCUT2D eigenvalue weighted by molar-refractivity contribution is 0.113. The number of nitrogens with zero attached hydrogens (tertiary/aromatic N) is 3. The first-order valence-electron chi connectivity index (χ1n) is 5.18. The zero-order valence-corrected chi connectivity index (χ0v) is 8.50. The molecule has 2 fully saturated rings. The molecule has 2 aliphatic rings. The van der Waals surface area contributed by atoms with Gasteiger partial charge in [0.1, 0.15) is 0 Å². The number of hydrogen-bond acceptors (Lipinski definition) is 4. The van der Waals surface area contributed by atoms with Crippen LogP contribution in [0.5, 0.6) is 0 Å². The van der Waals surface area contributed by atoms with Crippen LogP contribution in [-0.2, 0) is 0 Å². The van der Waals surface area contributed by atoms with Crippen molar-refractivity contribution >= 4 is 0 Å². The van der Waals surface area contributed by atoms with Crippen molar-refractivity contribution in [3.63, 3.8) is 0 Å². The second-order valence-corrected chi connectivity index (χ2v) is 4.16. The molecule has 13 heavy (non-hydrogen) atoms. The molecule has 0 bridgehead atoms. The van der Waals surface area contributed by atoms with E-state index in [9.17, 15) is 0 Å². The average Bonchev–Trinajstić information content (AvgIpc) is 2.53. The van der Waals surface area contributed by atoms with E-state index in [-0.39, 0.29) is 0 Å². The van der Waals surface area contributed by atoms with Gasteiger partial charge < -0.3 is 5.32 Å². The van der Waals surface area contributed by atoms with E-state index in [2.05, 4.69) is 27.1 Å². The third-order valence-electron chi connectivity index (χ3n) is 2.80. The van der Waals surface area contributed by atoms with Gasteiger partial charge in [-0.3, -0.25) is 14.7 Å². The smallest absolute Gasteiger partial charge is 0.0530 e. The van der Waals surface area contributed by atoms with Crippen LogP contribution in [0.1, 0.15) is 6.42 Å². The molecule has 1 N–H and O–H groups in total. The highest BCUT2D eigenvalue weighted by Crippen LogP contribution is 2.04. The molecule has 2 saturated heterocycles. The van der Waals surface area contributed by atoms with Crippen LogP contribution in [0, 0.1) is 0 Å². The first-order chi connectivity index (χ1) is 6.34. The van der Waals surface area contributed by atoms with Crippen molar-refractivity contribution < 1.29 is 0 Å². The largest absolute Gasteiger partial charge is 0.304 e. The van der Waals surface area contributed by atoms with E-state index in [0.29, 0.717) is 0 Å². The minimum absolute atomic E-state index is 1.07. The number of likely N-dealkylation sites (N-methyl/N-ethyl adjacent to an activating group) is 1. The molecule has 0 atom stereocenters. The van der Waals surface area contributed by atoms with Crippen LogP contribution in [0.15, 0.2) is 0 Å². The van der Waals surface area contributed by atoms with Crippen LogP contribution in [-0.4, -0.2) is 67.9 Å². The van der Waals surface area contributed by atoms with Gasteiger partial charge in [0.25, 0.3) is 0 Å². The molecule has 0 unspecified atom stereocenters. The molecule has 0 aliphatic carbocycles. The van der Waals surface area contributed by atoms with Crippen LogP contribution < -0.4 is 5.32 Å². The zero-order valence-electron chi connectivity index (χ0n) is 8.50. The van der Waals surface area contributed by atoms with Crippen LogP contribution in [0.2, 0.25) is 0 Å². The van der Waals surface area contributed by atoms with Gasteiger partial charge in [0.2, 0.25) is 0 Å². The molecule has 2 heterocycles. The van der Waals surface area contributed by atoms with Crippen LogP contribution in [0.25, 0.3) is 0 Å². The summed E-state index contributed by atoms with van der Waals surface area (Å²) in [4.78, 5) is 7.37. The summed E-state index contributed by atoms with van der Waals surface area (Å²) in [5.41, 5.74) is 0. The Morgan fingerprint density at radius 1 is 1.15 bits per heavy atom. The van der Waals surface area contributed by atoms with E-state index >= 15 is 0 Å². The highest BCUT2D eigenvalue weighted by Gasteiger charge is 2.19. The van der Waals surface area contributed by atoms with Crippen molar-refractivity contribution in [1.82, 2.24) is 20.0 Å². The summed E-state index contributed by atoms with van der Waals surface area (Å²) in [5, 5.41) is 3.41. The lowest BCUT2D eigenvalue weighted by Crippen LogP contribution is -2.46. The minimum Gasteiger partial charge on any atom is -0.304 e. The van der Waals surface area contributed by atoms with Gasteiger partial charge in [0.05, 0.1) is 13.3 Å². The summed E-state index contributed by atoms with van der Waals surface area (Å²) < 4.78 is 0. The lowest BCUT2D eigenvalue weighted by atomic mass is 10.3. The Bertz CT molecular complexity index is 153. The van der Waals surface area contributed by atoms with E-state index in [0.717, 1.165) is 20.0 Å². The van der Waals surface area contributed by atoms with E-state index in [1.807, 2.05) is 0 Å². The quantitative estimate of drug-likeness (QED) is 0.619. The molecule has 0 aromatic heterocycles. The summed E-state index contributed by atoms with van der Waals surface area (Å²) in [7, 11) is 2.19. The van der Waals surface area contributed by atoms with Gasteiger partial charge in [-0.25, -0.2) is 0 Å². The van der Waals surface area contributed by atoms with Crippen molar-refractivity contribution in [2.24, 2.45) is 0 Å². The Hall–Kier alpha value is -0.160. The first kappa shape index (κ1) is 9.40. The standard InChI is InChI=1S/C9H20N4/c1-11-5-6-13(8-11)9-12-4-2-3-10-7-12/h10H,2-9H2,1H3. The predicted molar refractivity (Wildman–Crippen MR) is 53.3 cm³/mol. The normalized spacial score (nSPS) is 28.4. The van der Waals surface area contributed by atoms with Crippen molar-refractivity contribution in [3.05, 3.63) is 0 Å². The Morgan fingerprint density at radius 3 is 2.69 bits per heavy atom. The summed E-state index contributed by atoms with van der Waals surface area (Å²) in [6, 6.07) is 0. The summed E-state index contributed by atoms with van der Waals surface area (Å²) in [6.45, 7) is 8.24. The van der Waals surface area contributed by atoms with Crippen LogP contribution in [0.3, 0.4) is 0 Å². The maximum Gasteiger partial charge on any atom is 0.0530 e. The topological polar surface area (TPSA) is 21.8 Å². The van der Waals surface area contributed by atoms with Crippen molar-refractivity contribution in [3.8, 4) is 0 Å². The number of hydrogen-bond donors (Lipinski definition) is 1. The van der Waals surface area contributed by atoms with Crippen LogP contribution in [0.4, 0.5) is 0 Å². The molecule has 0 amide bonds. The monoisotopic (exact) mass is 184 g/mol. The Kier molecular flexibility index (Phi) is 3.16. The van der Waals surface area contributed by atoms with Crippen molar-refractivity contribution in [1.29, 1.82) is 0 Å². The SMILES string of the molecule is CN1CCN(CN2CCCNC2)C1. The predicted octanol–water partition coefficient (Wildman–Crippen LogP) is -0.598. The highest BCUT2D eigenvalue weighted by molar-refractivity contribution is 4.70. The Balaban J connectivity index is 1.71. The zero-order chi connectivity index (χ0) is 9.10. The fourth-order valence-electron chi connectivity index (χ4n) is 2.06. The molecule has 0 saturated carbocycles. The summed E-state index contributed by atoms with van der Waals surface area (Å²) in [5.74, 6) is 0. The van der Waals surface area contributed by atoms with E-state index in [1.165, 1.54) is 32.6 Å². The van der Waals surface area contributed by atoms with Crippen LogP contribution >= 0.6 is 0 Å². The molecule has 76 valence electrons. The Labute approximate surface area is 80.5 Å². The molecular formula is C9H20N4. The average molecular weight is 184 g/mol. The summed E-state index contributed by atoms with van der Waals surface area (Å²) in [6.07, 6.45) is 1.30. The molecule has 4 nitrogen and oxygen atoms in total. The summed E-state index contributed by atoms with van der Waals surface area (Å²) >= 11 is 0. The van der Waals surface area contributed by atoms with Crippen molar-refractivity contribution in [2.75, 3.05) is 53.2 Å². The second-order valence-electron chi connectivity index (χ2n) is 4.16. The van der Waals surface area contributed by atoms with Gasteiger partial charge in [-0.15, -0.1) is 0 Å². The lowest BCUT2D eigenvalue weighted by Gasteiger charge is -2.30. The van der Waals surface area contributed by atoms with E-state index in [4.69, 9.17) is 0 Å². The van der Waals surface area contributed by atoms with Gasteiger partial charge in [-0.2, -0.15) is 0 Å². The van der Waals surface area contributed by atoms with Crippen molar-refractivity contribution in [2.45, 2.75) is 6.42 Å². The van der Waals surface area contributed by atoms with Gasteiger partial charge in [0, 0.05) is 26.3 Å². The fourth-order valence-corrected chi connectivity index (χ4v) is 2.06. The maximum atomic E-state index is 3.41. The highest BCUT2D eigenvalue weighted by atomic mass is 15.4. The molecule has 0 spiro atoms. The molecule has 2 aliphatic heterocycles. The minimum atomic E-state index is 1.07. The molecule has 0 aromatic rings. The number of nitrogens with one attached hydrogen (secondary N) is 1. The number of rotatable bonds is 2. The Morgan fingerprint density at radius 2 is 2.08 bits per heavy atom. The van der Waals surface area contributed by atoms with Gasteiger partial charge in [-0.1, -0.05) is 0 Å². The third-order valence-corrected chi connectivity index (χ3v) is 2.80. The van der Waals surface area contributed by atoms with E-state index in [1.54, 1.807) is 0 Å². The molecule has 0 aromatic carbocycles. The molecular weight excluding hydrogens is 164 g/mol.